The third-order valence-corrected chi connectivity index (χ3v) is 4.36. The smallest absolute Gasteiger partial charge is 0.0453 e. The number of halogens is 2. The molecule has 0 aliphatic heterocycles. The van der Waals surface area contributed by atoms with Gasteiger partial charge in [-0.25, -0.2) is 0 Å². The van der Waals surface area contributed by atoms with Crippen LogP contribution in [0.15, 0.2) is 30.9 Å². The first-order valence-corrected chi connectivity index (χ1v) is 8.71. The van der Waals surface area contributed by atoms with E-state index < -0.39 is 0 Å². The van der Waals surface area contributed by atoms with Crippen molar-refractivity contribution in [3.8, 4) is 0 Å². The molecule has 1 rings (SSSR count). The quantitative estimate of drug-likeness (QED) is 0.386. The summed E-state index contributed by atoms with van der Waals surface area (Å²) >= 11 is 12.6. The lowest BCUT2D eigenvalue weighted by molar-refractivity contribution is 0.454. The Morgan fingerprint density at radius 3 is 2.52 bits per heavy atom. The van der Waals surface area contributed by atoms with E-state index in [4.69, 9.17) is 23.2 Å². The Kier molecular flexibility index (Phi) is 9.82. The second kappa shape index (κ2) is 11.1. The van der Waals surface area contributed by atoms with E-state index in [2.05, 4.69) is 18.8 Å². The van der Waals surface area contributed by atoms with E-state index in [1.165, 1.54) is 25.7 Å². The number of unbranched alkanes of at least 4 members (excludes halogenated alkanes) is 3. The summed E-state index contributed by atoms with van der Waals surface area (Å²) in [6.45, 7) is 7.00. The lowest BCUT2D eigenvalue weighted by Crippen LogP contribution is -2.32. The summed E-state index contributed by atoms with van der Waals surface area (Å²) in [5, 5.41) is 5.18. The zero-order valence-electron chi connectivity index (χ0n) is 13.0. The number of hydrogen-bond acceptors (Lipinski definition) is 1. The molecule has 0 heterocycles. The minimum atomic E-state index is 0.450. The summed E-state index contributed by atoms with van der Waals surface area (Å²) in [6, 6.07) is 6.19. The van der Waals surface area contributed by atoms with E-state index in [-0.39, 0.29) is 0 Å². The maximum atomic E-state index is 6.29. The molecule has 118 valence electrons. The molecular weight excluding hydrogens is 301 g/mol. The number of benzene rings is 1. The van der Waals surface area contributed by atoms with Crippen LogP contribution in [-0.4, -0.2) is 12.6 Å². The van der Waals surface area contributed by atoms with Crippen LogP contribution in [-0.2, 0) is 6.42 Å². The molecule has 0 aliphatic carbocycles. The van der Waals surface area contributed by atoms with Gasteiger partial charge in [-0.1, -0.05) is 55.1 Å². The Hall–Kier alpha value is -0.500. The van der Waals surface area contributed by atoms with Crippen molar-refractivity contribution in [3.63, 3.8) is 0 Å². The largest absolute Gasteiger partial charge is 0.314 e. The van der Waals surface area contributed by atoms with Gasteiger partial charge in [0.25, 0.3) is 0 Å². The monoisotopic (exact) mass is 327 g/mol. The average Bonchev–Trinajstić information content (AvgIpc) is 2.47. The normalized spacial score (nSPS) is 12.3. The van der Waals surface area contributed by atoms with Crippen LogP contribution in [0.2, 0.25) is 10.0 Å². The van der Waals surface area contributed by atoms with Crippen molar-refractivity contribution in [1.82, 2.24) is 5.32 Å². The van der Waals surface area contributed by atoms with Crippen LogP contribution in [0, 0.1) is 0 Å². The number of allylic oxidation sites excluding steroid dienone is 1. The predicted molar refractivity (Wildman–Crippen MR) is 95.5 cm³/mol. The van der Waals surface area contributed by atoms with Crippen LogP contribution < -0.4 is 5.32 Å². The fourth-order valence-corrected chi connectivity index (χ4v) is 3.01. The van der Waals surface area contributed by atoms with Gasteiger partial charge in [0.1, 0.15) is 0 Å². The maximum Gasteiger partial charge on any atom is 0.0453 e. The maximum absolute atomic E-state index is 6.29. The van der Waals surface area contributed by atoms with E-state index in [0.29, 0.717) is 6.04 Å². The van der Waals surface area contributed by atoms with Gasteiger partial charge in [-0.2, -0.15) is 0 Å². The van der Waals surface area contributed by atoms with Crippen LogP contribution in [0.25, 0.3) is 0 Å². The molecule has 0 spiro atoms. The van der Waals surface area contributed by atoms with Gasteiger partial charge in [-0.3, -0.25) is 0 Å². The summed E-state index contributed by atoms with van der Waals surface area (Å²) in [7, 11) is 0. The van der Waals surface area contributed by atoms with Gasteiger partial charge in [0, 0.05) is 16.1 Å². The van der Waals surface area contributed by atoms with E-state index in [0.717, 1.165) is 41.4 Å². The highest BCUT2D eigenvalue weighted by Crippen LogP contribution is 2.26. The van der Waals surface area contributed by atoms with Gasteiger partial charge in [0.15, 0.2) is 0 Å². The molecule has 0 bridgehead atoms. The molecule has 0 fully saturated rings. The van der Waals surface area contributed by atoms with Crippen molar-refractivity contribution in [3.05, 3.63) is 46.5 Å². The van der Waals surface area contributed by atoms with Crippen LogP contribution >= 0.6 is 23.2 Å². The molecule has 1 aromatic rings. The number of rotatable bonds is 11. The molecule has 0 amide bonds. The Morgan fingerprint density at radius 2 is 1.90 bits per heavy atom. The van der Waals surface area contributed by atoms with Gasteiger partial charge in [-0.05, 0) is 56.3 Å². The lowest BCUT2D eigenvalue weighted by atomic mass is 9.99. The zero-order chi connectivity index (χ0) is 15.5. The summed E-state index contributed by atoms with van der Waals surface area (Å²) in [5.74, 6) is 0. The Bertz CT molecular complexity index is 397. The average molecular weight is 328 g/mol. The molecule has 1 aromatic carbocycles. The van der Waals surface area contributed by atoms with Crippen LogP contribution in [0.1, 0.15) is 51.0 Å². The second-order valence-corrected chi connectivity index (χ2v) is 6.30. The topological polar surface area (TPSA) is 12.0 Å². The van der Waals surface area contributed by atoms with Crippen molar-refractivity contribution in [2.45, 2.75) is 57.9 Å². The lowest BCUT2D eigenvalue weighted by Gasteiger charge is -2.20. The van der Waals surface area contributed by atoms with Crippen molar-refractivity contribution >= 4 is 23.2 Å². The second-order valence-electron chi connectivity index (χ2n) is 5.48. The molecule has 1 atom stereocenters. The highest BCUT2D eigenvalue weighted by atomic mass is 35.5. The molecule has 1 nitrogen and oxygen atoms in total. The molecule has 0 aromatic heterocycles. The van der Waals surface area contributed by atoms with E-state index in [9.17, 15) is 0 Å². The highest BCUT2D eigenvalue weighted by molar-refractivity contribution is 6.36. The molecule has 0 radical (unpaired) electrons. The van der Waals surface area contributed by atoms with Gasteiger partial charge in [-0.15, -0.1) is 6.58 Å². The van der Waals surface area contributed by atoms with Gasteiger partial charge >= 0.3 is 0 Å². The first kappa shape index (κ1) is 18.5. The first-order chi connectivity index (χ1) is 10.2. The molecular formula is C18H27Cl2N. The third-order valence-electron chi connectivity index (χ3n) is 3.66. The fraction of sp³-hybridized carbons (Fsp3) is 0.556. The molecule has 1 unspecified atom stereocenters. The summed E-state index contributed by atoms with van der Waals surface area (Å²) in [4.78, 5) is 0. The molecule has 21 heavy (non-hydrogen) atoms. The summed E-state index contributed by atoms with van der Waals surface area (Å²) in [5.41, 5.74) is 1.07. The van der Waals surface area contributed by atoms with Crippen molar-refractivity contribution in [2.24, 2.45) is 0 Å². The SMILES string of the molecule is C=CCCCCCC(Cc1c(Cl)cccc1Cl)NCCC. The third kappa shape index (κ3) is 7.35. The predicted octanol–water partition coefficient (Wildman–Crippen LogP) is 6.04. The number of nitrogens with one attached hydrogen (secondary N) is 1. The molecule has 0 saturated carbocycles. The van der Waals surface area contributed by atoms with Crippen LogP contribution in [0.3, 0.4) is 0 Å². The number of hydrogen-bond donors (Lipinski definition) is 1. The van der Waals surface area contributed by atoms with Crippen LogP contribution in [0.4, 0.5) is 0 Å². The Balaban J connectivity index is 2.54. The molecule has 0 saturated heterocycles. The van der Waals surface area contributed by atoms with Gasteiger partial charge < -0.3 is 5.32 Å². The fourth-order valence-electron chi connectivity index (χ4n) is 2.45. The van der Waals surface area contributed by atoms with E-state index >= 15 is 0 Å². The van der Waals surface area contributed by atoms with Gasteiger partial charge in [0.2, 0.25) is 0 Å². The first-order valence-electron chi connectivity index (χ1n) is 7.96. The van der Waals surface area contributed by atoms with Crippen molar-refractivity contribution in [2.75, 3.05) is 6.54 Å². The molecule has 3 heteroatoms. The Morgan fingerprint density at radius 1 is 1.19 bits per heavy atom. The zero-order valence-corrected chi connectivity index (χ0v) is 14.5. The Labute approximate surface area is 139 Å². The minimum absolute atomic E-state index is 0.450. The van der Waals surface area contributed by atoms with E-state index in [1.54, 1.807) is 0 Å². The van der Waals surface area contributed by atoms with Gasteiger partial charge in [0.05, 0.1) is 0 Å². The van der Waals surface area contributed by atoms with Crippen LogP contribution in [0.5, 0.6) is 0 Å². The van der Waals surface area contributed by atoms with Crippen molar-refractivity contribution < 1.29 is 0 Å². The van der Waals surface area contributed by atoms with Crippen molar-refractivity contribution in [1.29, 1.82) is 0 Å². The summed E-state index contributed by atoms with van der Waals surface area (Å²) < 4.78 is 0. The molecule has 0 aliphatic rings. The van der Waals surface area contributed by atoms with E-state index in [1.807, 2.05) is 24.3 Å². The summed E-state index contributed by atoms with van der Waals surface area (Å²) in [6.07, 6.45) is 10.0. The molecule has 1 N–H and O–H groups in total. The minimum Gasteiger partial charge on any atom is -0.314 e. The standard InChI is InChI=1S/C18H27Cl2N/c1-3-5-6-7-8-10-15(21-13-4-2)14-16-17(19)11-9-12-18(16)20/h3,9,11-12,15,21H,1,4-8,10,13-14H2,2H3. The highest BCUT2D eigenvalue weighted by Gasteiger charge is 2.13.